The normalized spacial score (nSPS) is 31.5. The number of hydrogen-bond donors (Lipinski definition) is 1. The van der Waals surface area contributed by atoms with E-state index in [9.17, 15) is 14.7 Å². The van der Waals surface area contributed by atoms with E-state index in [0.717, 1.165) is 84.2 Å². The number of aliphatic hydroxyl groups is 1. The van der Waals surface area contributed by atoms with E-state index in [1.165, 1.54) is 5.69 Å². The summed E-state index contributed by atoms with van der Waals surface area (Å²) < 4.78 is 0. The van der Waals surface area contributed by atoms with Crippen LogP contribution in [-0.2, 0) is 4.79 Å². The fourth-order valence-corrected chi connectivity index (χ4v) is 6.23. The molecule has 0 radical (unpaired) electrons. The number of nitrogens with zero attached hydrogens (tertiary/aromatic N) is 4. The zero-order chi connectivity index (χ0) is 22.1. The van der Waals surface area contributed by atoms with Crippen molar-refractivity contribution in [1.82, 2.24) is 14.7 Å². The maximum absolute atomic E-state index is 13.5. The molecule has 32 heavy (non-hydrogen) atoms. The van der Waals surface area contributed by atoms with Crippen LogP contribution in [-0.4, -0.2) is 89.7 Å². The Balaban J connectivity index is 1.19. The lowest BCUT2D eigenvalue weighted by Crippen LogP contribution is -2.57. The average molecular weight is 441 g/mol. The van der Waals surface area contributed by atoms with Gasteiger partial charge < -0.3 is 24.7 Å². The summed E-state index contributed by atoms with van der Waals surface area (Å²) in [7, 11) is 0. The number of likely N-dealkylation sites (tertiary alicyclic amines) is 2. The van der Waals surface area contributed by atoms with Gasteiger partial charge in [-0.3, -0.25) is 4.79 Å². The van der Waals surface area contributed by atoms with Crippen LogP contribution in [0.1, 0.15) is 44.9 Å². The summed E-state index contributed by atoms with van der Waals surface area (Å²) in [5.41, 5.74) is 0.818. The van der Waals surface area contributed by atoms with Gasteiger partial charge in [0.1, 0.15) is 0 Å². The van der Waals surface area contributed by atoms with E-state index in [1.807, 2.05) is 15.9 Å². The van der Waals surface area contributed by atoms with Crippen LogP contribution in [0.15, 0.2) is 30.3 Å². The van der Waals surface area contributed by atoms with E-state index >= 15 is 0 Å². The maximum atomic E-state index is 13.5. The van der Waals surface area contributed by atoms with Gasteiger partial charge >= 0.3 is 6.03 Å². The molecule has 1 saturated carbocycles. The molecule has 1 spiro atoms. The first-order valence-electron chi connectivity index (χ1n) is 12.4. The van der Waals surface area contributed by atoms with Crippen molar-refractivity contribution in [1.29, 1.82) is 0 Å². The van der Waals surface area contributed by atoms with Gasteiger partial charge in [0.15, 0.2) is 0 Å². The number of carbonyl (C=O) groups excluding carboxylic acids is 2. The van der Waals surface area contributed by atoms with Crippen LogP contribution in [0.25, 0.3) is 0 Å². The predicted molar refractivity (Wildman–Crippen MR) is 123 cm³/mol. The van der Waals surface area contributed by atoms with Crippen molar-refractivity contribution < 1.29 is 14.7 Å². The fraction of sp³-hybridized carbons (Fsp3) is 0.680. The van der Waals surface area contributed by atoms with Gasteiger partial charge in [0, 0.05) is 57.5 Å². The first kappa shape index (κ1) is 21.6. The van der Waals surface area contributed by atoms with Crippen LogP contribution in [0.3, 0.4) is 0 Å². The Hall–Kier alpha value is -2.28. The molecule has 1 aromatic carbocycles. The lowest BCUT2D eigenvalue weighted by Gasteiger charge is -2.43. The largest absolute Gasteiger partial charge is 0.393 e. The third-order valence-electron chi connectivity index (χ3n) is 8.17. The molecule has 7 nitrogen and oxygen atoms in total. The van der Waals surface area contributed by atoms with Crippen molar-refractivity contribution in [3.8, 4) is 0 Å². The van der Waals surface area contributed by atoms with E-state index in [1.54, 1.807) is 0 Å². The molecular weight excluding hydrogens is 404 g/mol. The second-order valence-electron chi connectivity index (χ2n) is 10.1. The zero-order valence-electron chi connectivity index (χ0n) is 19.0. The first-order valence-corrected chi connectivity index (χ1v) is 12.4. The molecule has 3 heterocycles. The quantitative estimate of drug-likeness (QED) is 0.768. The molecule has 174 valence electrons. The molecule has 3 aliphatic heterocycles. The van der Waals surface area contributed by atoms with Crippen molar-refractivity contribution in [2.75, 3.05) is 50.7 Å². The number of amides is 3. The Morgan fingerprint density at radius 3 is 2.31 bits per heavy atom. The summed E-state index contributed by atoms with van der Waals surface area (Å²) in [6.45, 7) is 5.25. The molecular formula is C25H36N4O3. The minimum Gasteiger partial charge on any atom is -0.393 e. The predicted octanol–water partition coefficient (Wildman–Crippen LogP) is 2.55. The molecule has 0 bridgehead atoms. The molecule has 0 aromatic heterocycles. The van der Waals surface area contributed by atoms with Crippen LogP contribution in [0.4, 0.5) is 10.5 Å². The minimum atomic E-state index is -0.393. The molecule has 1 aliphatic carbocycles. The molecule has 3 saturated heterocycles. The smallest absolute Gasteiger partial charge is 0.320 e. The highest BCUT2D eigenvalue weighted by atomic mass is 16.3. The summed E-state index contributed by atoms with van der Waals surface area (Å²) >= 11 is 0. The number of piperidine rings is 1. The molecule has 1 aromatic rings. The second-order valence-corrected chi connectivity index (χ2v) is 10.1. The van der Waals surface area contributed by atoms with Gasteiger partial charge in [0.05, 0.1) is 11.5 Å². The second kappa shape index (κ2) is 8.93. The SMILES string of the molecule is O=C(N1CCN(c2ccccc2)CC1)N1CCCC2(CCN([C@H]3CC[C@H](O)CC3)C2=O)C1. The molecule has 4 aliphatic rings. The average Bonchev–Trinajstić information content (AvgIpc) is 3.15. The summed E-state index contributed by atoms with van der Waals surface area (Å²) in [5.74, 6) is 0.255. The fourth-order valence-electron chi connectivity index (χ4n) is 6.23. The van der Waals surface area contributed by atoms with Crippen LogP contribution in [0.5, 0.6) is 0 Å². The van der Waals surface area contributed by atoms with Crippen molar-refractivity contribution in [3.05, 3.63) is 30.3 Å². The number of carbonyl (C=O) groups is 2. The molecule has 3 amide bonds. The third-order valence-corrected chi connectivity index (χ3v) is 8.17. The van der Waals surface area contributed by atoms with E-state index in [0.29, 0.717) is 6.54 Å². The summed E-state index contributed by atoms with van der Waals surface area (Å²) in [4.78, 5) is 35.2. The van der Waals surface area contributed by atoms with Crippen LogP contribution < -0.4 is 4.90 Å². The third kappa shape index (κ3) is 4.07. The summed E-state index contributed by atoms with van der Waals surface area (Å²) in [5, 5.41) is 9.82. The van der Waals surface area contributed by atoms with Crippen molar-refractivity contribution in [2.24, 2.45) is 5.41 Å². The minimum absolute atomic E-state index is 0.101. The number of piperazine rings is 1. The van der Waals surface area contributed by atoms with Crippen LogP contribution in [0, 0.1) is 5.41 Å². The Morgan fingerprint density at radius 1 is 0.875 bits per heavy atom. The Bertz CT molecular complexity index is 818. The van der Waals surface area contributed by atoms with Gasteiger partial charge in [-0.25, -0.2) is 4.79 Å². The van der Waals surface area contributed by atoms with E-state index in [2.05, 4.69) is 34.1 Å². The number of aliphatic hydroxyl groups excluding tert-OH is 1. The molecule has 4 fully saturated rings. The van der Waals surface area contributed by atoms with Crippen LogP contribution >= 0.6 is 0 Å². The Kier molecular flexibility index (Phi) is 6.01. The number of urea groups is 1. The number of para-hydroxylation sites is 1. The number of anilines is 1. The standard InChI is InChI=1S/C25H36N4O3/c30-22-9-7-21(8-10-22)29-14-12-25(23(29)31)11-4-13-28(19-25)24(32)27-17-15-26(16-18-27)20-5-2-1-3-6-20/h1-3,5-6,21-22,30H,4,7-19H2/t21-,22-,25?. The highest BCUT2D eigenvalue weighted by Crippen LogP contribution is 2.42. The summed E-state index contributed by atoms with van der Waals surface area (Å²) in [6, 6.07) is 10.7. The lowest BCUT2D eigenvalue weighted by atomic mass is 9.78. The highest BCUT2D eigenvalue weighted by molar-refractivity contribution is 5.86. The van der Waals surface area contributed by atoms with Gasteiger partial charge in [-0.2, -0.15) is 0 Å². The Labute approximate surface area is 190 Å². The topological polar surface area (TPSA) is 67.3 Å². The molecule has 1 unspecified atom stereocenters. The Morgan fingerprint density at radius 2 is 1.59 bits per heavy atom. The molecule has 1 N–H and O–H groups in total. The lowest BCUT2D eigenvalue weighted by molar-refractivity contribution is -0.141. The number of hydrogen-bond acceptors (Lipinski definition) is 4. The molecule has 1 atom stereocenters. The van der Waals surface area contributed by atoms with Crippen molar-refractivity contribution in [2.45, 2.75) is 57.1 Å². The molecule has 7 heteroatoms. The molecule has 5 rings (SSSR count). The van der Waals surface area contributed by atoms with Gasteiger partial charge in [-0.05, 0) is 57.1 Å². The van der Waals surface area contributed by atoms with Crippen LogP contribution in [0.2, 0.25) is 0 Å². The van der Waals surface area contributed by atoms with Gasteiger partial charge in [0.25, 0.3) is 0 Å². The zero-order valence-corrected chi connectivity index (χ0v) is 19.0. The highest BCUT2D eigenvalue weighted by Gasteiger charge is 2.51. The van der Waals surface area contributed by atoms with E-state index in [-0.39, 0.29) is 24.1 Å². The maximum Gasteiger partial charge on any atom is 0.320 e. The number of benzene rings is 1. The summed E-state index contributed by atoms with van der Waals surface area (Å²) in [6.07, 6.45) is 5.83. The first-order chi connectivity index (χ1) is 15.6. The monoisotopic (exact) mass is 440 g/mol. The van der Waals surface area contributed by atoms with E-state index < -0.39 is 5.41 Å². The van der Waals surface area contributed by atoms with Crippen molar-refractivity contribution >= 4 is 17.6 Å². The van der Waals surface area contributed by atoms with Gasteiger partial charge in [-0.1, -0.05) is 18.2 Å². The number of rotatable bonds is 2. The van der Waals surface area contributed by atoms with E-state index in [4.69, 9.17) is 0 Å². The van der Waals surface area contributed by atoms with Gasteiger partial charge in [-0.15, -0.1) is 0 Å². The van der Waals surface area contributed by atoms with Crippen molar-refractivity contribution in [3.63, 3.8) is 0 Å². The van der Waals surface area contributed by atoms with Gasteiger partial charge in [0.2, 0.25) is 5.91 Å².